The van der Waals surface area contributed by atoms with Gasteiger partial charge in [0.05, 0.1) is 19.3 Å². The van der Waals surface area contributed by atoms with E-state index in [1.165, 1.54) is 83.5 Å². The van der Waals surface area contributed by atoms with Gasteiger partial charge >= 0.3 is 0 Å². The van der Waals surface area contributed by atoms with E-state index in [2.05, 4.69) is 12.2 Å². The topological polar surface area (TPSA) is 61.7 Å². The van der Waals surface area contributed by atoms with Crippen molar-refractivity contribution < 1.29 is 14.9 Å². The molecule has 0 amide bonds. The molecule has 0 aliphatic rings. The molecule has 0 radical (unpaired) electrons. The van der Waals surface area contributed by atoms with Crippen LogP contribution in [0.4, 0.5) is 0 Å². The molecule has 0 bridgehead atoms. The maximum absolute atomic E-state index is 9.62. The van der Waals surface area contributed by atoms with E-state index in [0.717, 1.165) is 13.0 Å². The van der Waals surface area contributed by atoms with Crippen LogP contribution >= 0.6 is 0 Å². The van der Waals surface area contributed by atoms with Crippen LogP contribution in [0.5, 0.6) is 0 Å². The summed E-state index contributed by atoms with van der Waals surface area (Å²) >= 11 is 0. The molecule has 4 heteroatoms. The molecule has 0 fully saturated rings. The van der Waals surface area contributed by atoms with Crippen LogP contribution in [0.15, 0.2) is 0 Å². The zero-order chi connectivity index (χ0) is 18.4. The summed E-state index contributed by atoms with van der Waals surface area (Å²) in [5, 5.41) is 21.2. The molecule has 0 aromatic carbocycles. The molecule has 0 rings (SSSR count). The minimum absolute atomic E-state index is 0.104. The van der Waals surface area contributed by atoms with Crippen molar-refractivity contribution in [3.05, 3.63) is 0 Å². The van der Waals surface area contributed by atoms with Gasteiger partial charge in [0, 0.05) is 19.7 Å². The van der Waals surface area contributed by atoms with Crippen LogP contribution in [0.3, 0.4) is 0 Å². The van der Waals surface area contributed by atoms with Crippen molar-refractivity contribution in [3.8, 4) is 0 Å². The summed E-state index contributed by atoms with van der Waals surface area (Å²) < 4.78 is 5.48. The van der Waals surface area contributed by atoms with Crippen LogP contribution in [0.2, 0.25) is 0 Å². The van der Waals surface area contributed by atoms with Crippen molar-refractivity contribution in [1.29, 1.82) is 0 Å². The van der Waals surface area contributed by atoms with Crippen LogP contribution in [0.1, 0.15) is 96.8 Å². The smallest absolute Gasteiger partial charge is 0.0897 e. The molecule has 152 valence electrons. The maximum atomic E-state index is 9.62. The molecule has 0 aliphatic heterocycles. The highest BCUT2D eigenvalue weighted by Gasteiger charge is 2.02. The van der Waals surface area contributed by atoms with E-state index in [1.807, 2.05) is 0 Å². The van der Waals surface area contributed by atoms with Gasteiger partial charge in [-0.05, 0) is 6.42 Å². The monoisotopic (exact) mass is 359 g/mol. The number of aliphatic hydroxyl groups excluding tert-OH is 2. The third-order valence-electron chi connectivity index (χ3n) is 4.62. The van der Waals surface area contributed by atoms with Gasteiger partial charge in [-0.1, -0.05) is 90.4 Å². The van der Waals surface area contributed by atoms with Crippen molar-refractivity contribution in [2.24, 2.45) is 0 Å². The number of hydrogen-bond donors (Lipinski definition) is 3. The molecule has 3 N–H and O–H groups in total. The number of hydrogen-bond acceptors (Lipinski definition) is 4. The lowest BCUT2D eigenvalue weighted by atomic mass is 10.0. The Labute approximate surface area is 156 Å². The number of aliphatic hydroxyl groups is 2. The molecule has 0 aromatic heterocycles. The zero-order valence-electron chi connectivity index (χ0n) is 16.8. The highest BCUT2D eigenvalue weighted by Crippen LogP contribution is 2.12. The Balaban J connectivity index is 3.05. The van der Waals surface area contributed by atoms with E-state index in [-0.39, 0.29) is 6.61 Å². The molecule has 0 saturated heterocycles. The Morgan fingerprint density at radius 3 is 1.72 bits per heavy atom. The van der Waals surface area contributed by atoms with Gasteiger partial charge in [0.2, 0.25) is 0 Å². The fourth-order valence-electron chi connectivity index (χ4n) is 3.02. The van der Waals surface area contributed by atoms with Crippen molar-refractivity contribution in [2.75, 3.05) is 32.9 Å². The lowest BCUT2D eigenvalue weighted by Crippen LogP contribution is -2.32. The van der Waals surface area contributed by atoms with Crippen molar-refractivity contribution in [1.82, 2.24) is 5.32 Å². The number of unbranched alkanes of at least 4 members (excludes halogenated alkanes) is 13. The molecular weight excluding hydrogens is 314 g/mol. The lowest BCUT2D eigenvalue weighted by Gasteiger charge is -2.11. The summed E-state index contributed by atoms with van der Waals surface area (Å²) in [6.45, 7) is 4.52. The van der Waals surface area contributed by atoms with E-state index < -0.39 is 6.10 Å². The lowest BCUT2D eigenvalue weighted by molar-refractivity contribution is 0.0350. The summed E-state index contributed by atoms with van der Waals surface area (Å²) in [4.78, 5) is 0. The number of ether oxygens (including phenoxy) is 1. The zero-order valence-corrected chi connectivity index (χ0v) is 16.8. The molecule has 1 unspecified atom stereocenters. The molecule has 0 saturated carbocycles. The van der Waals surface area contributed by atoms with Gasteiger partial charge in [0.25, 0.3) is 0 Å². The average molecular weight is 360 g/mol. The molecule has 0 heterocycles. The Bertz CT molecular complexity index is 239. The predicted molar refractivity (Wildman–Crippen MR) is 107 cm³/mol. The highest BCUT2D eigenvalue weighted by atomic mass is 16.5. The fourth-order valence-corrected chi connectivity index (χ4v) is 3.02. The van der Waals surface area contributed by atoms with Gasteiger partial charge < -0.3 is 20.3 Å². The summed E-state index contributed by atoms with van der Waals surface area (Å²) in [5.41, 5.74) is 0. The van der Waals surface area contributed by atoms with Gasteiger partial charge in [-0.15, -0.1) is 0 Å². The molecule has 4 nitrogen and oxygen atoms in total. The second-order valence-electron chi connectivity index (χ2n) is 7.25. The molecule has 0 spiro atoms. The average Bonchev–Trinajstić information content (AvgIpc) is 2.61. The van der Waals surface area contributed by atoms with Gasteiger partial charge in [-0.3, -0.25) is 0 Å². The maximum Gasteiger partial charge on any atom is 0.0897 e. The minimum atomic E-state index is -0.474. The summed E-state index contributed by atoms with van der Waals surface area (Å²) in [6, 6.07) is 0. The van der Waals surface area contributed by atoms with Gasteiger partial charge in [0.1, 0.15) is 0 Å². The fraction of sp³-hybridized carbons (Fsp3) is 1.00. The Morgan fingerprint density at radius 2 is 1.24 bits per heavy atom. The minimum Gasteiger partial charge on any atom is -0.395 e. The second kappa shape index (κ2) is 21.9. The number of rotatable bonds is 21. The van der Waals surface area contributed by atoms with E-state index in [0.29, 0.717) is 19.7 Å². The third kappa shape index (κ3) is 21.8. The Kier molecular flexibility index (Phi) is 21.7. The van der Waals surface area contributed by atoms with Crippen molar-refractivity contribution in [2.45, 2.75) is 103 Å². The first kappa shape index (κ1) is 24.8. The summed E-state index contributed by atoms with van der Waals surface area (Å²) in [6.07, 6.45) is 18.6. The Hall–Kier alpha value is -0.160. The highest BCUT2D eigenvalue weighted by molar-refractivity contribution is 4.57. The first-order chi connectivity index (χ1) is 12.3. The largest absolute Gasteiger partial charge is 0.395 e. The predicted octanol–water partition coefficient (Wildman–Crippen LogP) is 4.43. The molecule has 0 aromatic rings. The van der Waals surface area contributed by atoms with E-state index in [4.69, 9.17) is 9.84 Å². The summed E-state index contributed by atoms with van der Waals surface area (Å²) in [7, 11) is 0. The Morgan fingerprint density at radius 1 is 0.760 bits per heavy atom. The quantitative estimate of drug-likeness (QED) is 0.265. The normalized spacial score (nSPS) is 12.6. The van der Waals surface area contributed by atoms with Crippen LogP contribution in [-0.4, -0.2) is 49.2 Å². The van der Waals surface area contributed by atoms with Gasteiger partial charge in [-0.25, -0.2) is 0 Å². The number of nitrogens with one attached hydrogen (secondary N) is 1. The molecule has 25 heavy (non-hydrogen) atoms. The molecular formula is C21H45NO3. The SMILES string of the molecule is CCCCCCCCCCCCCCCCOCC(O)CNCCO. The van der Waals surface area contributed by atoms with Crippen LogP contribution in [0.25, 0.3) is 0 Å². The standard InChI is InChI=1S/C21H45NO3/c1-2-3-4-5-6-7-8-9-10-11-12-13-14-15-18-25-20-21(24)19-22-16-17-23/h21-24H,2-20H2,1H3. The van der Waals surface area contributed by atoms with E-state index in [1.54, 1.807) is 0 Å². The van der Waals surface area contributed by atoms with Crippen LogP contribution < -0.4 is 5.32 Å². The van der Waals surface area contributed by atoms with Gasteiger partial charge in [0.15, 0.2) is 0 Å². The van der Waals surface area contributed by atoms with Crippen LogP contribution in [-0.2, 0) is 4.74 Å². The van der Waals surface area contributed by atoms with Gasteiger partial charge in [-0.2, -0.15) is 0 Å². The summed E-state index contributed by atoms with van der Waals surface area (Å²) in [5.74, 6) is 0. The van der Waals surface area contributed by atoms with E-state index >= 15 is 0 Å². The van der Waals surface area contributed by atoms with Crippen LogP contribution in [0, 0.1) is 0 Å². The van der Waals surface area contributed by atoms with Crippen molar-refractivity contribution >= 4 is 0 Å². The van der Waals surface area contributed by atoms with E-state index in [9.17, 15) is 5.11 Å². The molecule has 1 atom stereocenters. The van der Waals surface area contributed by atoms with Crippen molar-refractivity contribution in [3.63, 3.8) is 0 Å². The first-order valence-electron chi connectivity index (χ1n) is 10.9. The molecule has 0 aliphatic carbocycles. The first-order valence-corrected chi connectivity index (χ1v) is 10.9. The second-order valence-corrected chi connectivity index (χ2v) is 7.25. The third-order valence-corrected chi connectivity index (χ3v) is 4.62.